The Kier molecular flexibility index (Phi) is 58.6. The summed E-state index contributed by atoms with van der Waals surface area (Å²) in [6.07, 6.45) is 31.3. The molecular weight excluding hydrogens is 1010 g/mol. The normalized spacial score (nSPS) is 10.9. The van der Waals surface area contributed by atoms with Crippen molar-refractivity contribution in [1.82, 2.24) is 0 Å². The lowest BCUT2D eigenvalue weighted by molar-refractivity contribution is 0.334. The maximum Gasteiger partial charge on any atom is 0.258 e. The molecule has 0 N–H and O–H groups in total. The fraction of sp³-hybridized carbons (Fsp3) is 0.417. The van der Waals surface area contributed by atoms with Crippen LogP contribution in [0.2, 0.25) is 52.9 Å². The summed E-state index contributed by atoms with van der Waals surface area (Å²) in [5.41, 5.74) is 10.2. The topological polar surface area (TPSA) is 36.9 Å². The molecule has 0 fully saturated rings. The third-order valence-electron chi connectivity index (χ3n) is 11.1. The van der Waals surface area contributed by atoms with Crippen LogP contribution in [0.3, 0.4) is 0 Å². The van der Waals surface area contributed by atoms with Gasteiger partial charge in [-0.05, 0) is 125 Å². The predicted molar refractivity (Wildman–Crippen MR) is 375 cm³/mol. The highest BCUT2D eigenvalue weighted by Crippen LogP contribution is 2.44. The summed E-state index contributed by atoms with van der Waals surface area (Å²) in [5.74, 6) is 2.20. The van der Waals surface area contributed by atoms with Crippen LogP contribution in [0.4, 0.5) is 0 Å². The molecule has 0 saturated heterocycles. The highest BCUT2D eigenvalue weighted by Gasteiger charge is 2.48. The van der Waals surface area contributed by atoms with E-state index in [1.54, 1.807) is 49.8 Å². The Bertz CT molecular complexity index is 2010. The molecule has 0 radical (unpaired) electrons. The number of ether oxygens (including phenoxy) is 1. The first-order chi connectivity index (χ1) is 36.4. The van der Waals surface area contributed by atoms with Gasteiger partial charge in [-0.25, -0.2) is 0 Å². The Hall–Kier alpha value is -5.61. The largest absolute Gasteiger partial charge is 0.545 e. The molecule has 1 aliphatic carbocycles. The average Bonchev–Trinajstić information content (AvgIpc) is 3.95. The van der Waals surface area contributed by atoms with Crippen LogP contribution in [0, 0.1) is 0 Å². The molecular formula is C72H122O4Si3. The molecule has 1 aromatic carbocycles. The van der Waals surface area contributed by atoms with Crippen molar-refractivity contribution in [2.24, 2.45) is 0 Å². The van der Waals surface area contributed by atoms with Gasteiger partial charge >= 0.3 is 0 Å². The van der Waals surface area contributed by atoms with Gasteiger partial charge in [0.2, 0.25) is 8.32 Å². The zero-order valence-electron chi connectivity index (χ0n) is 55.4. The molecule has 0 bridgehead atoms. The molecule has 446 valence electrons. The Labute approximate surface area is 495 Å². The number of methoxy groups -OCH3 is 1. The molecule has 0 amide bonds. The lowest BCUT2D eigenvalue weighted by Crippen LogP contribution is -2.47. The quantitative estimate of drug-likeness (QED) is 0.0659. The lowest BCUT2D eigenvalue weighted by atomic mass is 10.2. The van der Waals surface area contributed by atoms with Gasteiger partial charge in [0.15, 0.2) is 0 Å². The highest BCUT2D eigenvalue weighted by atomic mass is 28.4. The second-order valence-electron chi connectivity index (χ2n) is 21.9. The minimum atomic E-state index is -1.88. The van der Waals surface area contributed by atoms with E-state index in [2.05, 4.69) is 224 Å². The molecule has 0 heterocycles. The van der Waals surface area contributed by atoms with Crippen molar-refractivity contribution in [2.45, 2.75) is 191 Å². The summed E-state index contributed by atoms with van der Waals surface area (Å²) in [7, 11) is -3.54. The molecule has 4 nitrogen and oxygen atoms in total. The van der Waals surface area contributed by atoms with Gasteiger partial charge in [-0.2, -0.15) is 0 Å². The average molecular weight is 1140 g/mol. The van der Waals surface area contributed by atoms with E-state index in [1.807, 2.05) is 91.0 Å². The maximum atomic E-state index is 6.50. The minimum absolute atomic E-state index is 0.569. The predicted octanol–water partition coefficient (Wildman–Crippen LogP) is 24.8. The Morgan fingerprint density at radius 1 is 0.494 bits per heavy atom. The molecule has 0 saturated carbocycles. The number of benzene rings is 1. The van der Waals surface area contributed by atoms with Crippen molar-refractivity contribution in [1.29, 1.82) is 0 Å². The van der Waals surface area contributed by atoms with Crippen LogP contribution in [0.25, 0.3) is 6.08 Å². The van der Waals surface area contributed by atoms with E-state index < -0.39 is 25.0 Å². The van der Waals surface area contributed by atoms with Gasteiger partial charge in [-0.1, -0.05) is 293 Å². The van der Waals surface area contributed by atoms with Crippen LogP contribution in [0.1, 0.15) is 144 Å². The van der Waals surface area contributed by atoms with Gasteiger partial charge in [0.05, 0.1) is 30.6 Å². The van der Waals surface area contributed by atoms with Crippen LogP contribution in [0.5, 0.6) is 0 Å². The number of allylic oxidation sites excluding steroid dienone is 19. The number of rotatable bonds is 22. The van der Waals surface area contributed by atoms with Crippen molar-refractivity contribution in [3.05, 3.63) is 251 Å². The molecule has 1 aromatic rings. The summed E-state index contributed by atoms with van der Waals surface area (Å²) < 4.78 is 22.9. The van der Waals surface area contributed by atoms with Gasteiger partial charge in [-0.15, -0.1) is 0 Å². The fourth-order valence-corrected chi connectivity index (χ4v) is 18.8. The summed E-state index contributed by atoms with van der Waals surface area (Å²) in [6, 6.07) is 10.3. The maximum absolute atomic E-state index is 6.50. The van der Waals surface area contributed by atoms with E-state index in [-0.39, 0.29) is 0 Å². The van der Waals surface area contributed by atoms with Crippen LogP contribution < -0.4 is 0 Å². The second-order valence-corrected chi connectivity index (χ2v) is 37.1. The Morgan fingerprint density at radius 3 is 1.06 bits per heavy atom. The summed E-state index contributed by atoms with van der Waals surface area (Å²) >= 11 is 0. The van der Waals surface area contributed by atoms with Gasteiger partial charge in [0.25, 0.3) is 16.6 Å². The summed E-state index contributed by atoms with van der Waals surface area (Å²) in [6.45, 7) is 91.2. The van der Waals surface area contributed by atoms with Gasteiger partial charge in [0.1, 0.15) is 0 Å². The first-order valence-corrected chi connectivity index (χ1v) is 35.5. The van der Waals surface area contributed by atoms with E-state index in [4.69, 9.17) is 18.0 Å². The van der Waals surface area contributed by atoms with Crippen LogP contribution in [-0.2, 0) is 18.0 Å². The zero-order valence-corrected chi connectivity index (χ0v) is 58.4. The van der Waals surface area contributed by atoms with E-state index in [0.29, 0.717) is 39.0 Å². The molecule has 0 unspecified atom stereocenters. The summed E-state index contributed by atoms with van der Waals surface area (Å²) in [5, 5.41) is 0. The van der Waals surface area contributed by atoms with Crippen molar-refractivity contribution in [2.75, 3.05) is 7.11 Å². The third kappa shape index (κ3) is 52.8. The van der Waals surface area contributed by atoms with Gasteiger partial charge in [0, 0.05) is 6.08 Å². The highest BCUT2D eigenvalue weighted by molar-refractivity contribution is 6.78. The van der Waals surface area contributed by atoms with E-state index >= 15 is 0 Å². The molecule has 0 aliphatic heterocycles. The van der Waals surface area contributed by atoms with E-state index in [9.17, 15) is 0 Å². The number of hydrogen-bond donors (Lipinski definition) is 0. The van der Waals surface area contributed by atoms with Crippen LogP contribution >= 0.6 is 0 Å². The standard InChI is InChI=1S/C19H30OSi.C13H26OSi.C8H16O2Si.3C6H10.C5H6.C5H8.C4H6/c1-15(2)21(16(3)4,17(5)6)20-18(7)13-14-19-11-9-8-10-12-19;1-9-13(8)14-15(10(2)3,11(4)5)12(6)7;1-8(6-7-9-2)10-11(3,4)5;1-5(2)6(3)4;2*1-4-5-6(2)3;1-2-4-5-3-1;1-4-5(2)3;1-3-4-2/h8-17H,7H2,1-6H3;9-12H,1,8H2,2-7H3;6-7H,1H2,2-5H3;1,3H2,2,4H3;4-5H,2H2,1,3H3;4-5H,1H2,2-3H3;1-4H,5H2;4H,1-2H2,3H3;3-4H,1-2H2/b14-13+;;7-6+;;5-4+;;;;. The molecule has 2 rings (SSSR count). The minimum Gasteiger partial charge on any atom is -0.545 e. The van der Waals surface area contributed by atoms with Crippen molar-refractivity contribution in [3.8, 4) is 0 Å². The smallest absolute Gasteiger partial charge is 0.258 e. The fourth-order valence-electron chi connectivity index (χ4n) is 7.47. The van der Waals surface area contributed by atoms with Crippen molar-refractivity contribution in [3.63, 3.8) is 0 Å². The van der Waals surface area contributed by atoms with E-state index in [1.165, 1.54) is 11.1 Å². The van der Waals surface area contributed by atoms with Crippen LogP contribution in [0.15, 0.2) is 246 Å². The Morgan fingerprint density at radius 2 is 0.861 bits per heavy atom. The molecule has 0 aromatic heterocycles. The summed E-state index contributed by atoms with van der Waals surface area (Å²) in [4.78, 5) is 0. The lowest BCUT2D eigenvalue weighted by Gasteiger charge is -2.42. The van der Waals surface area contributed by atoms with E-state index in [0.717, 1.165) is 40.2 Å². The Balaban J connectivity index is -0.000000158. The third-order valence-corrected chi connectivity index (χ3v) is 24.1. The monoisotopic (exact) mass is 1130 g/mol. The van der Waals surface area contributed by atoms with Crippen molar-refractivity contribution >= 4 is 31.0 Å². The zero-order chi connectivity index (χ0) is 63.5. The van der Waals surface area contributed by atoms with Crippen LogP contribution in [-0.4, -0.2) is 32.1 Å². The molecule has 0 atom stereocenters. The molecule has 0 spiro atoms. The first-order valence-electron chi connectivity index (χ1n) is 27.8. The second kappa shape index (κ2) is 53.1. The van der Waals surface area contributed by atoms with Crippen molar-refractivity contribution < 1.29 is 18.0 Å². The SMILES string of the molecule is C1=CCC=C1.C=C(/C=C/OC)O[Si](C)(C)C.C=C(/C=C/c1ccccc1)O[Si](C(C)C)(C(C)C)C(C)C.C=C(C)/C=C/C.C=C(C)C(=C)C.C=CC(=C)C.C=CC(=C)O[Si](C(C)C)(C(C)C)C(C)C.C=CC=C.C=CC=C(C)C. The number of hydrogen-bond acceptors (Lipinski definition) is 4. The van der Waals surface area contributed by atoms with Gasteiger partial charge < -0.3 is 18.0 Å². The first kappa shape index (κ1) is 87.3. The molecule has 7 heteroatoms. The van der Waals surface area contributed by atoms with Gasteiger partial charge in [-0.3, -0.25) is 0 Å². The molecule has 1 aliphatic rings. The molecule has 79 heavy (non-hydrogen) atoms.